The van der Waals surface area contributed by atoms with E-state index in [0.29, 0.717) is 5.69 Å². The minimum atomic E-state index is -0.568. The Balaban J connectivity index is 1.86. The maximum absolute atomic E-state index is 11.7. The predicted octanol–water partition coefficient (Wildman–Crippen LogP) is 2.33. The molecule has 5 N–H and O–H groups in total. The molecule has 1 aromatic carbocycles. The normalized spacial score (nSPS) is 15.8. The average Bonchev–Trinajstić information content (AvgIpc) is 3.22. The zero-order chi connectivity index (χ0) is 15.3. The number of nitrogens with two attached hydrogens (primary N) is 2. The molecule has 0 radical (unpaired) electrons. The summed E-state index contributed by atoms with van der Waals surface area (Å²) >= 11 is 0. The third-order valence-electron chi connectivity index (χ3n) is 4.53. The summed E-state index contributed by atoms with van der Waals surface area (Å²) in [5.41, 5.74) is 15.4. The summed E-state index contributed by atoms with van der Waals surface area (Å²) in [5, 5.41) is 1.06. The number of carbonyl (C=O) groups excluding carboxylic acids is 1. The number of aromatic amines is 1. The van der Waals surface area contributed by atoms with Gasteiger partial charge in [-0.05, 0) is 36.6 Å². The van der Waals surface area contributed by atoms with Crippen molar-refractivity contribution >= 4 is 22.5 Å². The van der Waals surface area contributed by atoms with Crippen LogP contribution in [0.1, 0.15) is 18.5 Å². The summed E-state index contributed by atoms with van der Waals surface area (Å²) in [5.74, 6) is -0.291. The third kappa shape index (κ3) is 1.72. The zero-order valence-electron chi connectivity index (χ0n) is 12.0. The number of primary amides is 1. The molecule has 1 fully saturated rings. The fraction of sp³-hybridized carbons (Fsp3) is 0.176. The minimum Gasteiger partial charge on any atom is -0.397 e. The smallest absolute Gasteiger partial charge is 0.229 e. The van der Waals surface area contributed by atoms with Crippen LogP contribution in [0.2, 0.25) is 0 Å². The SMILES string of the molecule is NC(=O)C1(c2cc(-c3c[nH]c4c(N)cccc34)ccn2)CC1. The molecule has 2 aromatic heterocycles. The Morgan fingerprint density at radius 2 is 2.09 bits per heavy atom. The van der Waals surface area contributed by atoms with E-state index in [1.54, 1.807) is 6.20 Å². The van der Waals surface area contributed by atoms with Crippen LogP contribution in [0.5, 0.6) is 0 Å². The first-order valence-electron chi connectivity index (χ1n) is 7.24. The Morgan fingerprint density at radius 3 is 2.82 bits per heavy atom. The molecule has 5 heteroatoms. The number of nitrogens with zero attached hydrogens (tertiary/aromatic N) is 1. The van der Waals surface area contributed by atoms with E-state index >= 15 is 0 Å². The number of hydrogen-bond donors (Lipinski definition) is 3. The molecule has 0 aliphatic heterocycles. The standard InChI is InChI=1S/C17H16N4O/c18-13-3-1-2-11-12(9-21-15(11)13)10-4-7-20-14(8-10)17(5-6-17)16(19)22/h1-4,7-9,21H,5-6,18H2,(H2,19,22). The van der Waals surface area contributed by atoms with Gasteiger partial charge in [-0.1, -0.05) is 12.1 Å². The lowest BCUT2D eigenvalue weighted by Gasteiger charge is -2.11. The van der Waals surface area contributed by atoms with Crippen LogP contribution in [0.15, 0.2) is 42.7 Å². The summed E-state index contributed by atoms with van der Waals surface area (Å²) in [7, 11) is 0. The van der Waals surface area contributed by atoms with Gasteiger partial charge in [0.05, 0.1) is 22.3 Å². The topological polar surface area (TPSA) is 97.8 Å². The van der Waals surface area contributed by atoms with Crippen molar-refractivity contribution in [3.8, 4) is 11.1 Å². The minimum absolute atomic E-state index is 0.291. The first-order chi connectivity index (χ1) is 10.6. The number of aromatic nitrogens is 2. The van der Waals surface area contributed by atoms with Crippen molar-refractivity contribution in [2.45, 2.75) is 18.3 Å². The van der Waals surface area contributed by atoms with Gasteiger partial charge in [-0.25, -0.2) is 0 Å². The summed E-state index contributed by atoms with van der Waals surface area (Å²) in [6.07, 6.45) is 5.22. The van der Waals surface area contributed by atoms with Crippen molar-refractivity contribution in [1.29, 1.82) is 0 Å². The number of fused-ring (bicyclic) bond motifs is 1. The number of pyridine rings is 1. The maximum Gasteiger partial charge on any atom is 0.229 e. The largest absolute Gasteiger partial charge is 0.397 e. The number of para-hydroxylation sites is 1. The van der Waals surface area contributed by atoms with Gasteiger partial charge in [-0.2, -0.15) is 0 Å². The van der Waals surface area contributed by atoms with Crippen LogP contribution in [0.4, 0.5) is 5.69 Å². The second-order valence-corrected chi connectivity index (χ2v) is 5.85. The Labute approximate surface area is 127 Å². The molecule has 0 spiro atoms. The molecule has 22 heavy (non-hydrogen) atoms. The Bertz CT molecular complexity index is 893. The monoisotopic (exact) mass is 292 g/mol. The fourth-order valence-corrected chi connectivity index (χ4v) is 3.03. The third-order valence-corrected chi connectivity index (χ3v) is 4.53. The van der Waals surface area contributed by atoms with Crippen molar-refractivity contribution < 1.29 is 4.79 Å². The number of nitrogens with one attached hydrogen (secondary N) is 1. The van der Waals surface area contributed by atoms with Crippen LogP contribution in [-0.4, -0.2) is 15.9 Å². The molecule has 0 saturated heterocycles. The molecule has 2 heterocycles. The number of hydrogen-bond acceptors (Lipinski definition) is 3. The van der Waals surface area contributed by atoms with Crippen molar-refractivity contribution in [1.82, 2.24) is 9.97 Å². The number of rotatable bonds is 3. The quantitative estimate of drug-likeness (QED) is 0.646. The van der Waals surface area contributed by atoms with Crippen LogP contribution in [0.25, 0.3) is 22.0 Å². The Morgan fingerprint density at radius 1 is 1.27 bits per heavy atom. The van der Waals surface area contributed by atoms with E-state index in [-0.39, 0.29) is 5.91 Å². The van der Waals surface area contributed by atoms with Crippen LogP contribution < -0.4 is 11.5 Å². The van der Waals surface area contributed by atoms with Gasteiger partial charge >= 0.3 is 0 Å². The predicted molar refractivity (Wildman–Crippen MR) is 86.0 cm³/mol. The zero-order valence-corrected chi connectivity index (χ0v) is 12.0. The van der Waals surface area contributed by atoms with Gasteiger partial charge in [-0.15, -0.1) is 0 Å². The van der Waals surface area contributed by atoms with E-state index in [1.165, 1.54) is 0 Å². The van der Waals surface area contributed by atoms with Crippen LogP contribution >= 0.6 is 0 Å². The van der Waals surface area contributed by atoms with Crippen molar-refractivity contribution in [3.63, 3.8) is 0 Å². The highest BCUT2D eigenvalue weighted by Gasteiger charge is 2.51. The molecule has 3 aromatic rings. The number of nitrogen functional groups attached to an aromatic ring is 1. The van der Waals surface area contributed by atoms with Gasteiger partial charge in [0.15, 0.2) is 0 Å². The number of carbonyl (C=O) groups is 1. The summed E-state index contributed by atoms with van der Waals surface area (Å²) in [6.45, 7) is 0. The molecule has 0 atom stereocenters. The first kappa shape index (κ1) is 12.9. The Hall–Kier alpha value is -2.82. The molecule has 1 aliphatic rings. The van der Waals surface area contributed by atoms with E-state index in [0.717, 1.165) is 40.6 Å². The second kappa shape index (κ2) is 4.34. The highest BCUT2D eigenvalue weighted by Crippen LogP contribution is 2.47. The van der Waals surface area contributed by atoms with Gasteiger partial charge in [0, 0.05) is 23.3 Å². The van der Waals surface area contributed by atoms with E-state index in [9.17, 15) is 4.79 Å². The van der Waals surface area contributed by atoms with Crippen LogP contribution in [-0.2, 0) is 10.2 Å². The van der Waals surface area contributed by atoms with Gasteiger partial charge in [0.2, 0.25) is 5.91 Å². The molecular weight excluding hydrogens is 276 g/mol. The highest BCUT2D eigenvalue weighted by molar-refractivity contribution is 6.01. The van der Waals surface area contributed by atoms with Gasteiger partial charge < -0.3 is 16.5 Å². The molecule has 1 aliphatic carbocycles. The molecule has 110 valence electrons. The van der Waals surface area contributed by atoms with Crippen molar-refractivity contribution in [2.75, 3.05) is 5.73 Å². The summed E-state index contributed by atoms with van der Waals surface area (Å²) in [6, 6.07) is 9.73. The Kier molecular flexibility index (Phi) is 2.54. The number of anilines is 1. The van der Waals surface area contributed by atoms with E-state index in [1.807, 2.05) is 36.5 Å². The van der Waals surface area contributed by atoms with Gasteiger partial charge in [-0.3, -0.25) is 9.78 Å². The lowest BCUT2D eigenvalue weighted by Crippen LogP contribution is -2.29. The molecule has 1 amide bonds. The number of benzene rings is 1. The second-order valence-electron chi connectivity index (χ2n) is 5.85. The molecule has 1 saturated carbocycles. The van der Waals surface area contributed by atoms with E-state index < -0.39 is 5.41 Å². The summed E-state index contributed by atoms with van der Waals surface area (Å²) < 4.78 is 0. The van der Waals surface area contributed by atoms with Crippen molar-refractivity contribution in [2.24, 2.45) is 5.73 Å². The van der Waals surface area contributed by atoms with Crippen LogP contribution in [0, 0.1) is 0 Å². The molecule has 5 nitrogen and oxygen atoms in total. The summed E-state index contributed by atoms with van der Waals surface area (Å²) in [4.78, 5) is 19.3. The van der Waals surface area contributed by atoms with E-state index in [2.05, 4.69) is 9.97 Å². The van der Waals surface area contributed by atoms with Crippen molar-refractivity contribution in [3.05, 3.63) is 48.4 Å². The van der Waals surface area contributed by atoms with E-state index in [4.69, 9.17) is 11.5 Å². The molecule has 0 bridgehead atoms. The van der Waals surface area contributed by atoms with Gasteiger partial charge in [0.25, 0.3) is 0 Å². The van der Waals surface area contributed by atoms with Crippen LogP contribution in [0.3, 0.4) is 0 Å². The molecular formula is C17H16N4O. The lowest BCUT2D eigenvalue weighted by atomic mass is 9.97. The average molecular weight is 292 g/mol. The maximum atomic E-state index is 11.7. The molecule has 0 unspecified atom stereocenters. The lowest BCUT2D eigenvalue weighted by molar-refractivity contribution is -0.120. The number of H-pyrrole nitrogens is 1. The number of amides is 1. The molecule has 4 rings (SSSR count). The first-order valence-corrected chi connectivity index (χ1v) is 7.24. The highest BCUT2D eigenvalue weighted by atomic mass is 16.1. The van der Waals surface area contributed by atoms with Gasteiger partial charge in [0.1, 0.15) is 0 Å². The fourth-order valence-electron chi connectivity index (χ4n) is 3.03.